The van der Waals surface area contributed by atoms with Crippen molar-refractivity contribution >= 4 is 5.97 Å². The van der Waals surface area contributed by atoms with Crippen LogP contribution in [0.2, 0.25) is 0 Å². The van der Waals surface area contributed by atoms with Crippen molar-refractivity contribution in [1.82, 2.24) is 5.32 Å². The molecular formula is C15H22FNO2. The molecule has 1 aromatic rings. The van der Waals surface area contributed by atoms with Crippen molar-refractivity contribution in [2.75, 3.05) is 6.61 Å². The fourth-order valence-electron chi connectivity index (χ4n) is 1.95. The van der Waals surface area contributed by atoms with Crippen molar-refractivity contribution in [1.29, 1.82) is 0 Å². The lowest BCUT2D eigenvalue weighted by Gasteiger charge is -2.22. The van der Waals surface area contributed by atoms with E-state index in [9.17, 15) is 9.18 Å². The van der Waals surface area contributed by atoms with E-state index in [1.807, 2.05) is 13.8 Å². The SMILES string of the molecule is CCCC(NC(C)c1ccc(F)cc1)C(=O)OCC. The van der Waals surface area contributed by atoms with Gasteiger partial charge < -0.3 is 4.74 Å². The predicted octanol–water partition coefficient (Wildman–Crippen LogP) is 3.21. The first-order valence-electron chi connectivity index (χ1n) is 6.76. The third kappa shape index (κ3) is 4.99. The second-order valence-corrected chi connectivity index (χ2v) is 4.53. The molecule has 19 heavy (non-hydrogen) atoms. The van der Waals surface area contributed by atoms with E-state index in [1.54, 1.807) is 19.1 Å². The molecule has 0 amide bonds. The van der Waals surface area contributed by atoms with Crippen LogP contribution in [-0.4, -0.2) is 18.6 Å². The van der Waals surface area contributed by atoms with Crippen molar-refractivity contribution < 1.29 is 13.9 Å². The first kappa shape index (κ1) is 15.6. The number of nitrogens with one attached hydrogen (secondary N) is 1. The molecule has 0 aliphatic heterocycles. The van der Waals surface area contributed by atoms with Crippen LogP contribution >= 0.6 is 0 Å². The number of hydrogen-bond acceptors (Lipinski definition) is 3. The van der Waals surface area contributed by atoms with Gasteiger partial charge in [-0.25, -0.2) is 4.39 Å². The van der Waals surface area contributed by atoms with Gasteiger partial charge in [-0.2, -0.15) is 0 Å². The number of halogens is 1. The van der Waals surface area contributed by atoms with Gasteiger partial charge in [0.05, 0.1) is 6.61 Å². The maximum Gasteiger partial charge on any atom is 0.323 e. The van der Waals surface area contributed by atoms with Crippen LogP contribution in [0.25, 0.3) is 0 Å². The van der Waals surface area contributed by atoms with E-state index in [2.05, 4.69) is 5.32 Å². The minimum atomic E-state index is -0.315. The lowest BCUT2D eigenvalue weighted by molar-refractivity contribution is -0.146. The number of ether oxygens (including phenoxy) is 1. The van der Waals surface area contributed by atoms with Gasteiger partial charge >= 0.3 is 5.97 Å². The van der Waals surface area contributed by atoms with Crippen LogP contribution in [0.5, 0.6) is 0 Å². The van der Waals surface area contributed by atoms with Gasteiger partial charge in [0.15, 0.2) is 0 Å². The largest absolute Gasteiger partial charge is 0.465 e. The van der Waals surface area contributed by atoms with Crippen LogP contribution in [-0.2, 0) is 9.53 Å². The van der Waals surface area contributed by atoms with Gasteiger partial charge in [-0.05, 0) is 38.0 Å². The highest BCUT2D eigenvalue weighted by Gasteiger charge is 2.21. The van der Waals surface area contributed by atoms with E-state index in [-0.39, 0.29) is 23.9 Å². The van der Waals surface area contributed by atoms with E-state index in [1.165, 1.54) is 12.1 Å². The molecule has 3 nitrogen and oxygen atoms in total. The summed E-state index contributed by atoms with van der Waals surface area (Å²) in [6, 6.07) is 5.95. The summed E-state index contributed by atoms with van der Waals surface area (Å²) in [5.41, 5.74) is 0.951. The summed E-state index contributed by atoms with van der Waals surface area (Å²) < 4.78 is 17.9. The monoisotopic (exact) mass is 267 g/mol. The number of carbonyl (C=O) groups is 1. The van der Waals surface area contributed by atoms with Gasteiger partial charge in [-0.3, -0.25) is 10.1 Å². The van der Waals surface area contributed by atoms with Crippen LogP contribution < -0.4 is 5.32 Å². The molecule has 0 heterocycles. The van der Waals surface area contributed by atoms with Crippen LogP contribution in [0, 0.1) is 5.82 Å². The van der Waals surface area contributed by atoms with Crippen molar-refractivity contribution in [3.05, 3.63) is 35.6 Å². The molecule has 0 fully saturated rings. The molecule has 0 bridgehead atoms. The smallest absolute Gasteiger partial charge is 0.323 e. The molecule has 0 saturated heterocycles. The highest BCUT2D eigenvalue weighted by molar-refractivity contribution is 5.75. The maximum atomic E-state index is 12.9. The number of hydrogen-bond donors (Lipinski definition) is 1. The Hall–Kier alpha value is -1.42. The molecule has 0 aliphatic carbocycles. The summed E-state index contributed by atoms with van der Waals surface area (Å²) in [7, 11) is 0. The molecular weight excluding hydrogens is 245 g/mol. The fraction of sp³-hybridized carbons (Fsp3) is 0.533. The van der Waals surface area contributed by atoms with Crippen LogP contribution in [0.4, 0.5) is 4.39 Å². The summed E-state index contributed by atoms with van der Waals surface area (Å²) >= 11 is 0. The predicted molar refractivity (Wildman–Crippen MR) is 73.3 cm³/mol. The summed E-state index contributed by atoms with van der Waals surface area (Å²) in [4.78, 5) is 11.8. The molecule has 1 rings (SSSR count). The van der Waals surface area contributed by atoms with Gasteiger partial charge in [0.1, 0.15) is 11.9 Å². The minimum Gasteiger partial charge on any atom is -0.465 e. The number of rotatable bonds is 7. The molecule has 1 aromatic carbocycles. The lowest BCUT2D eigenvalue weighted by atomic mass is 10.1. The zero-order chi connectivity index (χ0) is 14.3. The van der Waals surface area contributed by atoms with Crippen LogP contribution in [0.3, 0.4) is 0 Å². The molecule has 0 saturated carbocycles. The highest BCUT2D eigenvalue weighted by atomic mass is 19.1. The van der Waals surface area contributed by atoms with Crippen molar-refractivity contribution in [2.24, 2.45) is 0 Å². The Morgan fingerprint density at radius 3 is 2.47 bits per heavy atom. The lowest BCUT2D eigenvalue weighted by Crippen LogP contribution is -2.39. The summed E-state index contributed by atoms with van der Waals surface area (Å²) in [6.45, 7) is 6.15. The van der Waals surface area contributed by atoms with Gasteiger partial charge in [0.2, 0.25) is 0 Å². The molecule has 0 radical (unpaired) electrons. The third-order valence-corrected chi connectivity index (χ3v) is 2.97. The maximum absolute atomic E-state index is 12.9. The van der Waals surface area contributed by atoms with E-state index >= 15 is 0 Å². The zero-order valence-corrected chi connectivity index (χ0v) is 11.8. The molecule has 2 unspecified atom stereocenters. The van der Waals surface area contributed by atoms with Crippen molar-refractivity contribution in [3.63, 3.8) is 0 Å². The Labute approximate surface area is 114 Å². The van der Waals surface area contributed by atoms with Gasteiger partial charge in [0.25, 0.3) is 0 Å². The summed E-state index contributed by atoms with van der Waals surface area (Å²) in [5, 5.41) is 3.24. The average Bonchev–Trinajstić information content (AvgIpc) is 2.39. The molecule has 106 valence electrons. The number of carbonyl (C=O) groups excluding carboxylic acids is 1. The Morgan fingerprint density at radius 1 is 1.32 bits per heavy atom. The molecule has 0 aromatic heterocycles. The molecule has 0 aliphatic rings. The second-order valence-electron chi connectivity index (χ2n) is 4.53. The molecule has 1 N–H and O–H groups in total. The topological polar surface area (TPSA) is 38.3 Å². The Kier molecular flexibility index (Phi) is 6.50. The highest BCUT2D eigenvalue weighted by Crippen LogP contribution is 2.15. The summed E-state index contributed by atoms with van der Waals surface area (Å²) in [6.07, 6.45) is 1.62. The summed E-state index contributed by atoms with van der Waals surface area (Å²) in [5.74, 6) is -0.482. The van der Waals surface area contributed by atoms with Gasteiger partial charge in [-0.15, -0.1) is 0 Å². The number of benzene rings is 1. The Bertz CT molecular complexity index is 392. The van der Waals surface area contributed by atoms with Gasteiger partial charge in [0, 0.05) is 6.04 Å². The molecule has 0 spiro atoms. The molecule has 4 heteroatoms. The van der Waals surface area contributed by atoms with Crippen molar-refractivity contribution in [2.45, 2.75) is 45.7 Å². The Balaban J connectivity index is 2.67. The van der Waals surface area contributed by atoms with Crippen molar-refractivity contribution in [3.8, 4) is 0 Å². The third-order valence-electron chi connectivity index (χ3n) is 2.97. The van der Waals surface area contributed by atoms with Gasteiger partial charge in [-0.1, -0.05) is 25.5 Å². The standard InChI is InChI=1S/C15H22FNO2/c1-4-6-14(15(18)19-5-2)17-11(3)12-7-9-13(16)10-8-12/h7-11,14,17H,4-6H2,1-3H3. The fourth-order valence-corrected chi connectivity index (χ4v) is 1.95. The molecule has 2 atom stereocenters. The van der Waals surface area contributed by atoms with E-state index in [4.69, 9.17) is 4.74 Å². The normalized spacial score (nSPS) is 13.9. The first-order valence-corrected chi connectivity index (χ1v) is 6.76. The van der Waals surface area contributed by atoms with Crippen LogP contribution in [0.1, 0.15) is 45.2 Å². The van der Waals surface area contributed by atoms with E-state index in [0.29, 0.717) is 6.61 Å². The van der Waals surface area contributed by atoms with E-state index in [0.717, 1.165) is 18.4 Å². The zero-order valence-electron chi connectivity index (χ0n) is 11.8. The first-order chi connectivity index (χ1) is 9.08. The average molecular weight is 267 g/mol. The quantitative estimate of drug-likeness (QED) is 0.771. The van der Waals surface area contributed by atoms with E-state index < -0.39 is 0 Å². The van der Waals surface area contributed by atoms with Crippen LogP contribution in [0.15, 0.2) is 24.3 Å². The Morgan fingerprint density at radius 2 is 1.95 bits per heavy atom. The minimum absolute atomic E-state index is 0.0263. The second kappa shape index (κ2) is 7.89. The number of esters is 1.